The van der Waals surface area contributed by atoms with Crippen molar-refractivity contribution in [1.29, 1.82) is 0 Å². The summed E-state index contributed by atoms with van der Waals surface area (Å²) in [6.07, 6.45) is 2.41. The van der Waals surface area contributed by atoms with E-state index in [-0.39, 0.29) is 23.6 Å². The first-order chi connectivity index (χ1) is 17.0. The van der Waals surface area contributed by atoms with Crippen LogP contribution in [0.2, 0.25) is 0 Å². The molecule has 35 heavy (non-hydrogen) atoms. The smallest absolute Gasteiger partial charge is 0.261 e. The molecule has 176 valence electrons. The van der Waals surface area contributed by atoms with Gasteiger partial charge in [0.2, 0.25) is 0 Å². The summed E-state index contributed by atoms with van der Waals surface area (Å²) in [5.41, 5.74) is 4.09. The largest absolute Gasteiger partial charge is 0.385 e. The third-order valence-corrected chi connectivity index (χ3v) is 6.02. The van der Waals surface area contributed by atoms with Gasteiger partial charge < -0.3 is 10.1 Å². The van der Waals surface area contributed by atoms with Crippen molar-refractivity contribution >= 4 is 29.2 Å². The number of nitrogens with zero attached hydrogens (tertiary/aromatic N) is 3. The number of ether oxygens (including phenoxy) is 1. The van der Waals surface area contributed by atoms with E-state index in [0.29, 0.717) is 35.8 Å². The minimum absolute atomic E-state index is 0.233. The number of rotatable bonds is 7. The van der Waals surface area contributed by atoms with Crippen molar-refractivity contribution in [2.75, 3.05) is 25.6 Å². The highest BCUT2D eigenvalue weighted by molar-refractivity contribution is 6.22. The molecule has 4 aromatic rings. The number of methoxy groups -OCH3 is 1. The number of imidazole rings is 1. The summed E-state index contributed by atoms with van der Waals surface area (Å²) in [5, 5.41) is 2.97. The Bertz CT molecular complexity index is 1460. The Balaban J connectivity index is 1.47. The summed E-state index contributed by atoms with van der Waals surface area (Å²) in [5.74, 6) is -0.617. The number of hydrogen-bond acceptors (Lipinski definition) is 5. The number of nitrogens with one attached hydrogen (secondary N) is 1. The Hall–Kier alpha value is -4.30. The molecule has 3 heterocycles. The number of carbonyl (C=O) groups excluding carboxylic acids is 3. The Morgan fingerprint density at radius 1 is 1.00 bits per heavy atom. The van der Waals surface area contributed by atoms with E-state index in [4.69, 9.17) is 9.72 Å². The molecule has 0 radical (unpaired) electrons. The SMILES string of the molecule is COCCCN1C(=O)c2ccc(C(=O)Nc3c(-c4ccccc4)nc4cc(C)ccn34)cc2C1=O. The van der Waals surface area contributed by atoms with Crippen LogP contribution in [-0.2, 0) is 4.74 Å². The summed E-state index contributed by atoms with van der Waals surface area (Å²) >= 11 is 0. The first kappa shape index (κ1) is 22.5. The maximum Gasteiger partial charge on any atom is 0.261 e. The Kier molecular flexibility index (Phi) is 5.88. The molecule has 8 nitrogen and oxygen atoms in total. The van der Waals surface area contributed by atoms with Crippen LogP contribution in [0, 0.1) is 6.92 Å². The Morgan fingerprint density at radius 3 is 2.54 bits per heavy atom. The van der Waals surface area contributed by atoms with Gasteiger partial charge in [-0.2, -0.15) is 0 Å². The molecule has 0 atom stereocenters. The number of carbonyl (C=O) groups is 3. The fourth-order valence-electron chi connectivity index (χ4n) is 4.25. The van der Waals surface area contributed by atoms with Gasteiger partial charge in [0.1, 0.15) is 17.2 Å². The maximum absolute atomic E-state index is 13.3. The Morgan fingerprint density at radius 2 is 1.77 bits per heavy atom. The number of fused-ring (bicyclic) bond motifs is 2. The van der Waals surface area contributed by atoms with Gasteiger partial charge in [-0.25, -0.2) is 4.98 Å². The lowest BCUT2D eigenvalue weighted by Crippen LogP contribution is -2.31. The van der Waals surface area contributed by atoms with Crippen LogP contribution in [0.4, 0.5) is 5.82 Å². The standard InChI is InChI=1S/C27H24N4O4/c1-17-11-13-30-22(15-17)28-23(18-7-4-3-5-8-18)24(30)29-25(32)19-9-10-20-21(16-19)27(34)31(26(20)33)12-6-14-35-2/h3-5,7-11,13,15-16H,6,12,14H2,1-2H3,(H,29,32). The van der Waals surface area contributed by atoms with Crippen molar-refractivity contribution in [2.45, 2.75) is 13.3 Å². The molecule has 0 unspecified atom stereocenters. The molecule has 0 aliphatic carbocycles. The van der Waals surface area contributed by atoms with Crippen molar-refractivity contribution in [1.82, 2.24) is 14.3 Å². The predicted molar refractivity (Wildman–Crippen MR) is 132 cm³/mol. The summed E-state index contributed by atoms with van der Waals surface area (Å²) in [6, 6.07) is 18.1. The van der Waals surface area contributed by atoms with Crippen LogP contribution < -0.4 is 5.32 Å². The number of anilines is 1. The summed E-state index contributed by atoms with van der Waals surface area (Å²) in [4.78, 5) is 44.8. The van der Waals surface area contributed by atoms with Gasteiger partial charge in [0, 0.05) is 37.6 Å². The highest BCUT2D eigenvalue weighted by atomic mass is 16.5. The van der Waals surface area contributed by atoms with Crippen molar-refractivity contribution in [3.05, 3.63) is 89.1 Å². The molecule has 0 saturated heterocycles. The molecule has 0 bridgehead atoms. The van der Waals surface area contributed by atoms with E-state index in [1.807, 2.05) is 60.0 Å². The predicted octanol–water partition coefficient (Wildman–Crippen LogP) is 4.19. The highest BCUT2D eigenvalue weighted by Crippen LogP contribution is 2.30. The van der Waals surface area contributed by atoms with E-state index < -0.39 is 11.8 Å². The molecule has 1 N–H and O–H groups in total. The van der Waals surface area contributed by atoms with Crippen LogP contribution >= 0.6 is 0 Å². The molecule has 3 amide bonds. The summed E-state index contributed by atoms with van der Waals surface area (Å²) in [6.45, 7) is 2.70. The number of amides is 3. The van der Waals surface area contributed by atoms with Crippen LogP contribution in [0.5, 0.6) is 0 Å². The van der Waals surface area contributed by atoms with E-state index in [0.717, 1.165) is 11.1 Å². The van der Waals surface area contributed by atoms with Gasteiger partial charge in [-0.05, 0) is 49.2 Å². The first-order valence-corrected chi connectivity index (χ1v) is 11.3. The van der Waals surface area contributed by atoms with Gasteiger partial charge in [0.25, 0.3) is 17.7 Å². The second kappa shape index (κ2) is 9.15. The molecule has 1 aliphatic heterocycles. The van der Waals surface area contributed by atoms with Gasteiger partial charge in [0.05, 0.1) is 11.1 Å². The lowest BCUT2D eigenvalue weighted by molar-refractivity contribution is 0.0638. The molecule has 1 aliphatic rings. The van der Waals surface area contributed by atoms with E-state index in [1.165, 1.54) is 17.0 Å². The van der Waals surface area contributed by atoms with Gasteiger partial charge in [-0.1, -0.05) is 30.3 Å². The van der Waals surface area contributed by atoms with Crippen LogP contribution in [0.25, 0.3) is 16.9 Å². The third kappa shape index (κ3) is 4.08. The number of aromatic nitrogens is 2. The van der Waals surface area contributed by atoms with Gasteiger partial charge in [-0.15, -0.1) is 0 Å². The molecule has 0 spiro atoms. The zero-order valence-corrected chi connectivity index (χ0v) is 19.4. The number of pyridine rings is 1. The second-order valence-corrected chi connectivity index (χ2v) is 8.43. The van der Waals surface area contributed by atoms with Gasteiger partial charge in [0.15, 0.2) is 0 Å². The molecule has 2 aromatic heterocycles. The summed E-state index contributed by atoms with van der Waals surface area (Å²) in [7, 11) is 1.57. The normalized spacial score (nSPS) is 12.9. The maximum atomic E-state index is 13.3. The van der Waals surface area contributed by atoms with Crippen molar-refractivity contribution in [3.8, 4) is 11.3 Å². The van der Waals surface area contributed by atoms with E-state index in [1.54, 1.807) is 13.2 Å². The highest BCUT2D eigenvalue weighted by Gasteiger charge is 2.35. The minimum atomic E-state index is -0.398. The number of benzene rings is 2. The zero-order valence-electron chi connectivity index (χ0n) is 19.4. The fourth-order valence-corrected chi connectivity index (χ4v) is 4.25. The van der Waals surface area contributed by atoms with Crippen molar-refractivity contribution in [2.24, 2.45) is 0 Å². The van der Waals surface area contributed by atoms with Gasteiger partial charge in [-0.3, -0.25) is 23.7 Å². The van der Waals surface area contributed by atoms with E-state index in [9.17, 15) is 14.4 Å². The average molecular weight is 469 g/mol. The molecule has 8 heteroatoms. The fraction of sp³-hybridized carbons (Fsp3) is 0.185. The van der Waals surface area contributed by atoms with E-state index in [2.05, 4.69) is 5.32 Å². The summed E-state index contributed by atoms with van der Waals surface area (Å²) < 4.78 is 6.85. The molecular formula is C27H24N4O4. The van der Waals surface area contributed by atoms with Crippen LogP contribution in [-0.4, -0.2) is 52.3 Å². The Labute approximate surface area is 202 Å². The van der Waals surface area contributed by atoms with Gasteiger partial charge >= 0.3 is 0 Å². The number of hydrogen-bond donors (Lipinski definition) is 1. The van der Waals surface area contributed by atoms with Crippen LogP contribution in [0.1, 0.15) is 43.1 Å². The average Bonchev–Trinajstić information content (AvgIpc) is 3.34. The quantitative estimate of drug-likeness (QED) is 0.324. The van der Waals surface area contributed by atoms with Crippen LogP contribution in [0.15, 0.2) is 66.9 Å². The number of aryl methyl sites for hydroxylation is 1. The number of imide groups is 1. The lowest BCUT2D eigenvalue weighted by Gasteiger charge is -2.12. The van der Waals surface area contributed by atoms with Crippen molar-refractivity contribution < 1.29 is 19.1 Å². The topological polar surface area (TPSA) is 93.0 Å². The lowest BCUT2D eigenvalue weighted by atomic mass is 10.1. The van der Waals surface area contributed by atoms with Crippen LogP contribution in [0.3, 0.4) is 0 Å². The molecule has 0 fully saturated rings. The van der Waals surface area contributed by atoms with Crippen molar-refractivity contribution in [3.63, 3.8) is 0 Å². The van der Waals surface area contributed by atoms with E-state index >= 15 is 0 Å². The third-order valence-electron chi connectivity index (χ3n) is 6.02. The molecule has 2 aromatic carbocycles. The zero-order chi connectivity index (χ0) is 24.5. The molecule has 0 saturated carbocycles. The minimum Gasteiger partial charge on any atom is -0.385 e. The monoisotopic (exact) mass is 468 g/mol. The molecular weight excluding hydrogens is 444 g/mol. The molecule has 5 rings (SSSR count). The first-order valence-electron chi connectivity index (χ1n) is 11.3. The second-order valence-electron chi connectivity index (χ2n) is 8.43.